The van der Waals surface area contributed by atoms with Crippen LogP contribution >= 0.6 is 0 Å². The lowest BCUT2D eigenvalue weighted by Gasteiger charge is -2.17. The lowest BCUT2D eigenvalue weighted by Crippen LogP contribution is -2.01. The predicted octanol–water partition coefficient (Wildman–Crippen LogP) is 3.75. The van der Waals surface area contributed by atoms with E-state index in [0.717, 1.165) is 11.1 Å². The number of nitrogens with zero attached hydrogens (tertiary/aromatic N) is 1. The van der Waals surface area contributed by atoms with Crippen molar-refractivity contribution < 1.29 is 9.47 Å². The lowest BCUT2D eigenvalue weighted by atomic mass is 9.89. The molecule has 0 bridgehead atoms. The van der Waals surface area contributed by atoms with E-state index in [-0.39, 0.29) is 5.92 Å². The van der Waals surface area contributed by atoms with Crippen LogP contribution in [-0.4, -0.2) is 14.2 Å². The Morgan fingerprint density at radius 1 is 0.950 bits per heavy atom. The fourth-order valence-corrected chi connectivity index (χ4v) is 2.27. The van der Waals surface area contributed by atoms with Gasteiger partial charge in [0.1, 0.15) is 0 Å². The van der Waals surface area contributed by atoms with Crippen molar-refractivity contribution >= 4 is 0 Å². The molecule has 3 heteroatoms. The van der Waals surface area contributed by atoms with Crippen LogP contribution in [0.3, 0.4) is 0 Å². The highest BCUT2D eigenvalue weighted by molar-refractivity contribution is 5.46. The maximum Gasteiger partial charge on any atom is 0.161 e. The Balaban J connectivity index is 2.43. The highest BCUT2D eigenvalue weighted by Gasteiger charge is 2.16. The molecule has 3 nitrogen and oxygen atoms in total. The van der Waals surface area contributed by atoms with Gasteiger partial charge in [0, 0.05) is 12.3 Å². The third-order valence-corrected chi connectivity index (χ3v) is 3.31. The SMILES string of the molecule is COc1ccc(C(CC#N)c2ccccc2)cc1OC. The molecule has 0 aromatic heterocycles. The first-order valence-corrected chi connectivity index (χ1v) is 6.44. The summed E-state index contributed by atoms with van der Waals surface area (Å²) >= 11 is 0. The van der Waals surface area contributed by atoms with E-state index in [2.05, 4.69) is 6.07 Å². The fraction of sp³-hybridized carbons (Fsp3) is 0.235. The molecule has 102 valence electrons. The molecular formula is C17H17NO2. The minimum absolute atomic E-state index is 0.0426. The molecule has 0 saturated heterocycles. The van der Waals surface area contributed by atoms with E-state index in [1.54, 1.807) is 14.2 Å². The third kappa shape index (κ3) is 2.92. The van der Waals surface area contributed by atoms with Gasteiger partial charge in [0.15, 0.2) is 11.5 Å². The van der Waals surface area contributed by atoms with Crippen molar-refractivity contribution in [3.05, 3.63) is 59.7 Å². The topological polar surface area (TPSA) is 42.2 Å². The molecule has 1 atom stereocenters. The van der Waals surface area contributed by atoms with E-state index in [0.29, 0.717) is 17.9 Å². The summed E-state index contributed by atoms with van der Waals surface area (Å²) in [6.45, 7) is 0. The van der Waals surface area contributed by atoms with Crippen LogP contribution in [0.15, 0.2) is 48.5 Å². The fourth-order valence-electron chi connectivity index (χ4n) is 2.27. The molecule has 0 aliphatic rings. The number of nitriles is 1. The van der Waals surface area contributed by atoms with Crippen LogP contribution < -0.4 is 9.47 Å². The number of hydrogen-bond acceptors (Lipinski definition) is 3. The van der Waals surface area contributed by atoms with Gasteiger partial charge in [-0.05, 0) is 23.3 Å². The van der Waals surface area contributed by atoms with E-state index in [1.165, 1.54) is 0 Å². The van der Waals surface area contributed by atoms with Gasteiger partial charge >= 0.3 is 0 Å². The molecule has 1 unspecified atom stereocenters. The predicted molar refractivity (Wildman–Crippen MR) is 78.1 cm³/mol. The quantitative estimate of drug-likeness (QED) is 0.828. The number of rotatable bonds is 5. The van der Waals surface area contributed by atoms with Gasteiger partial charge in [-0.1, -0.05) is 36.4 Å². The summed E-state index contributed by atoms with van der Waals surface area (Å²) in [5.41, 5.74) is 2.18. The van der Waals surface area contributed by atoms with Crippen LogP contribution in [0.5, 0.6) is 11.5 Å². The molecule has 0 heterocycles. The zero-order chi connectivity index (χ0) is 14.4. The average molecular weight is 267 g/mol. The van der Waals surface area contributed by atoms with E-state index in [4.69, 9.17) is 14.7 Å². The van der Waals surface area contributed by atoms with Crippen LogP contribution in [-0.2, 0) is 0 Å². The molecule has 0 saturated carbocycles. The van der Waals surface area contributed by atoms with Crippen LogP contribution in [0.2, 0.25) is 0 Å². The van der Waals surface area contributed by atoms with Gasteiger partial charge in [-0.25, -0.2) is 0 Å². The Hall–Kier alpha value is -2.47. The monoisotopic (exact) mass is 267 g/mol. The average Bonchev–Trinajstić information content (AvgIpc) is 2.52. The molecule has 2 aromatic rings. The molecule has 0 N–H and O–H groups in total. The summed E-state index contributed by atoms with van der Waals surface area (Å²) < 4.78 is 10.6. The second-order valence-corrected chi connectivity index (χ2v) is 4.44. The van der Waals surface area contributed by atoms with Crippen LogP contribution in [0.25, 0.3) is 0 Å². The molecule has 0 spiro atoms. The van der Waals surface area contributed by atoms with Gasteiger partial charge in [-0.2, -0.15) is 5.26 Å². The highest BCUT2D eigenvalue weighted by Crippen LogP contribution is 2.34. The summed E-state index contributed by atoms with van der Waals surface area (Å²) in [4.78, 5) is 0. The van der Waals surface area contributed by atoms with Crippen LogP contribution in [0.4, 0.5) is 0 Å². The number of benzene rings is 2. The molecule has 0 fully saturated rings. The molecule has 0 amide bonds. The normalized spacial score (nSPS) is 11.4. The summed E-state index contributed by atoms with van der Waals surface area (Å²) in [6.07, 6.45) is 0.430. The molecule has 0 radical (unpaired) electrons. The van der Waals surface area contributed by atoms with Gasteiger partial charge in [0.25, 0.3) is 0 Å². The van der Waals surface area contributed by atoms with Gasteiger partial charge in [0.2, 0.25) is 0 Å². The van der Waals surface area contributed by atoms with Crippen molar-refractivity contribution in [3.63, 3.8) is 0 Å². The van der Waals surface area contributed by atoms with Gasteiger partial charge in [-0.15, -0.1) is 0 Å². The van der Waals surface area contributed by atoms with Crippen LogP contribution in [0.1, 0.15) is 23.5 Å². The van der Waals surface area contributed by atoms with Gasteiger partial charge in [-0.3, -0.25) is 0 Å². The Labute approximate surface area is 119 Å². The molecule has 0 aliphatic heterocycles. The second-order valence-electron chi connectivity index (χ2n) is 4.44. The smallest absolute Gasteiger partial charge is 0.161 e. The Kier molecular flexibility index (Phi) is 4.62. The van der Waals surface area contributed by atoms with Crippen molar-refractivity contribution in [2.45, 2.75) is 12.3 Å². The third-order valence-electron chi connectivity index (χ3n) is 3.31. The summed E-state index contributed by atoms with van der Waals surface area (Å²) in [5, 5.41) is 9.08. The summed E-state index contributed by atoms with van der Waals surface area (Å²) in [5.74, 6) is 1.42. The van der Waals surface area contributed by atoms with Crippen molar-refractivity contribution in [1.29, 1.82) is 5.26 Å². The minimum Gasteiger partial charge on any atom is -0.493 e. The van der Waals surface area contributed by atoms with Crippen LogP contribution in [0, 0.1) is 11.3 Å². The minimum atomic E-state index is 0.0426. The Morgan fingerprint density at radius 3 is 2.25 bits per heavy atom. The first-order chi connectivity index (χ1) is 9.80. The van der Waals surface area contributed by atoms with Crippen molar-refractivity contribution in [2.75, 3.05) is 14.2 Å². The van der Waals surface area contributed by atoms with Crippen molar-refractivity contribution in [2.24, 2.45) is 0 Å². The second kappa shape index (κ2) is 6.63. The van der Waals surface area contributed by atoms with E-state index >= 15 is 0 Å². The molecular weight excluding hydrogens is 250 g/mol. The molecule has 0 aliphatic carbocycles. The highest BCUT2D eigenvalue weighted by atomic mass is 16.5. The summed E-state index contributed by atoms with van der Waals surface area (Å²) in [6, 6.07) is 18.1. The van der Waals surface area contributed by atoms with E-state index in [1.807, 2.05) is 48.5 Å². The Morgan fingerprint density at radius 2 is 1.65 bits per heavy atom. The molecule has 2 aromatic carbocycles. The maximum absolute atomic E-state index is 9.08. The van der Waals surface area contributed by atoms with Gasteiger partial charge in [0.05, 0.1) is 20.3 Å². The lowest BCUT2D eigenvalue weighted by molar-refractivity contribution is 0.354. The van der Waals surface area contributed by atoms with E-state index < -0.39 is 0 Å². The maximum atomic E-state index is 9.08. The zero-order valence-electron chi connectivity index (χ0n) is 11.7. The largest absolute Gasteiger partial charge is 0.493 e. The molecule has 20 heavy (non-hydrogen) atoms. The number of ether oxygens (including phenoxy) is 2. The standard InChI is InChI=1S/C17H17NO2/c1-19-16-9-8-14(12-17(16)20-2)15(10-11-18)13-6-4-3-5-7-13/h3-9,12,15H,10H2,1-2H3. The zero-order valence-corrected chi connectivity index (χ0v) is 11.7. The number of hydrogen-bond donors (Lipinski definition) is 0. The Bertz CT molecular complexity index is 602. The van der Waals surface area contributed by atoms with Crippen molar-refractivity contribution in [1.82, 2.24) is 0 Å². The van der Waals surface area contributed by atoms with Gasteiger partial charge < -0.3 is 9.47 Å². The van der Waals surface area contributed by atoms with Crippen molar-refractivity contribution in [3.8, 4) is 17.6 Å². The first-order valence-electron chi connectivity index (χ1n) is 6.44. The molecule has 2 rings (SSSR count). The number of methoxy groups -OCH3 is 2. The van der Waals surface area contributed by atoms with E-state index in [9.17, 15) is 0 Å². The summed E-state index contributed by atoms with van der Waals surface area (Å²) in [7, 11) is 3.23. The first kappa shape index (κ1) is 14.0.